The predicted octanol–water partition coefficient (Wildman–Crippen LogP) is 6.04. The molecule has 140 valence electrons. The van der Waals surface area contributed by atoms with Gasteiger partial charge in [0.15, 0.2) is 0 Å². The fraction of sp³-hybridized carbons (Fsp3) is 1.00. The number of phosphoric acid groups is 1. The van der Waals surface area contributed by atoms with E-state index in [4.69, 9.17) is 9.05 Å². The first-order chi connectivity index (χ1) is 10.6. The Kier molecular flexibility index (Phi) is 12.5. The average molecular weight is 350 g/mol. The van der Waals surface area contributed by atoms with Gasteiger partial charge < -0.3 is 4.89 Å². The van der Waals surface area contributed by atoms with Gasteiger partial charge in [0.1, 0.15) is 0 Å². The van der Waals surface area contributed by atoms with Gasteiger partial charge in [-0.15, -0.1) is 0 Å². The van der Waals surface area contributed by atoms with Crippen LogP contribution in [0.15, 0.2) is 0 Å². The third kappa shape index (κ3) is 15.4. The highest BCUT2D eigenvalue weighted by Crippen LogP contribution is 2.44. The fourth-order valence-corrected chi connectivity index (χ4v) is 3.36. The van der Waals surface area contributed by atoms with Gasteiger partial charge in [-0.3, -0.25) is 9.05 Å². The lowest BCUT2D eigenvalue weighted by molar-refractivity contribution is 0.117. The molecular formula is C18H39O4P. The maximum absolute atomic E-state index is 11.9. The average Bonchev–Trinajstić information content (AvgIpc) is 2.42. The van der Waals surface area contributed by atoms with Gasteiger partial charge in [-0.25, -0.2) is 4.57 Å². The molecule has 0 fully saturated rings. The molecular weight excluding hydrogens is 311 g/mol. The molecule has 0 aliphatic heterocycles. The quantitative estimate of drug-likeness (QED) is 0.388. The molecule has 0 aliphatic carbocycles. The van der Waals surface area contributed by atoms with Crippen LogP contribution in [0.2, 0.25) is 0 Å². The number of rotatable bonds is 14. The van der Waals surface area contributed by atoms with Crippen LogP contribution in [0.25, 0.3) is 0 Å². The molecule has 0 heterocycles. The van der Waals surface area contributed by atoms with Crippen molar-refractivity contribution in [3.8, 4) is 0 Å². The molecule has 0 aromatic carbocycles. The van der Waals surface area contributed by atoms with E-state index >= 15 is 0 Å². The lowest BCUT2D eigenvalue weighted by Crippen LogP contribution is -2.09. The number of phosphoric ester groups is 1. The highest BCUT2D eigenvalue weighted by atomic mass is 31.2. The zero-order valence-corrected chi connectivity index (χ0v) is 17.0. The van der Waals surface area contributed by atoms with E-state index in [1.807, 2.05) is 0 Å². The summed E-state index contributed by atoms with van der Waals surface area (Å²) in [5, 5.41) is 0. The number of hydrogen-bond donors (Lipinski definition) is 1. The maximum Gasteiger partial charge on any atom is 0.472 e. The summed E-state index contributed by atoms with van der Waals surface area (Å²) in [4.78, 5) is 9.75. The second kappa shape index (κ2) is 12.5. The van der Waals surface area contributed by atoms with E-state index in [-0.39, 0.29) is 25.0 Å². The molecule has 0 bridgehead atoms. The highest BCUT2D eigenvalue weighted by molar-refractivity contribution is 7.47. The first-order valence-electron chi connectivity index (χ1n) is 9.24. The Balaban J connectivity index is 3.84. The predicted molar refractivity (Wildman–Crippen MR) is 97.4 cm³/mol. The molecule has 0 aliphatic rings. The summed E-state index contributed by atoms with van der Waals surface area (Å²) in [5.41, 5.74) is 0. The van der Waals surface area contributed by atoms with Crippen LogP contribution in [0.3, 0.4) is 0 Å². The molecule has 23 heavy (non-hydrogen) atoms. The summed E-state index contributed by atoms with van der Waals surface area (Å²) >= 11 is 0. The molecule has 0 amide bonds. The third-order valence-electron chi connectivity index (χ3n) is 4.00. The van der Waals surface area contributed by atoms with Crippen LogP contribution >= 0.6 is 7.82 Å². The van der Waals surface area contributed by atoms with E-state index in [0.29, 0.717) is 11.8 Å². The van der Waals surface area contributed by atoms with Crippen LogP contribution in [0.1, 0.15) is 80.1 Å². The Morgan fingerprint density at radius 3 is 1.39 bits per heavy atom. The van der Waals surface area contributed by atoms with Crippen molar-refractivity contribution in [1.29, 1.82) is 0 Å². The molecule has 0 aromatic heterocycles. The van der Waals surface area contributed by atoms with E-state index in [1.54, 1.807) is 0 Å². The number of hydrogen-bond acceptors (Lipinski definition) is 3. The van der Waals surface area contributed by atoms with Gasteiger partial charge in [-0.05, 0) is 36.5 Å². The molecule has 2 atom stereocenters. The zero-order valence-electron chi connectivity index (χ0n) is 16.1. The Hall–Kier alpha value is 0.110. The van der Waals surface area contributed by atoms with Crippen LogP contribution in [-0.2, 0) is 13.6 Å². The van der Waals surface area contributed by atoms with Gasteiger partial charge >= 0.3 is 7.82 Å². The van der Waals surface area contributed by atoms with Crippen molar-refractivity contribution in [2.45, 2.75) is 80.1 Å². The fourth-order valence-electron chi connectivity index (χ4n) is 2.40. The van der Waals surface area contributed by atoms with Crippen molar-refractivity contribution in [3.63, 3.8) is 0 Å². The molecule has 0 spiro atoms. The van der Waals surface area contributed by atoms with Crippen molar-refractivity contribution in [2.75, 3.05) is 13.2 Å². The second-order valence-corrected chi connectivity index (χ2v) is 9.37. The van der Waals surface area contributed by atoms with E-state index in [0.717, 1.165) is 25.7 Å². The summed E-state index contributed by atoms with van der Waals surface area (Å²) in [7, 11) is -3.90. The van der Waals surface area contributed by atoms with Crippen LogP contribution in [0.5, 0.6) is 0 Å². The monoisotopic (exact) mass is 350 g/mol. The summed E-state index contributed by atoms with van der Waals surface area (Å²) in [6.45, 7) is 13.5. The highest BCUT2D eigenvalue weighted by Gasteiger charge is 2.23. The SMILES string of the molecule is CC(C)CCCC(C)COP(=O)(O)OCC(C)CCCC(C)C. The van der Waals surface area contributed by atoms with Gasteiger partial charge in [-0.1, -0.05) is 67.2 Å². The first-order valence-corrected chi connectivity index (χ1v) is 10.7. The van der Waals surface area contributed by atoms with Crippen LogP contribution in [-0.4, -0.2) is 18.1 Å². The minimum atomic E-state index is -3.90. The topological polar surface area (TPSA) is 55.8 Å². The summed E-state index contributed by atoms with van der Waals surface area (Å²) in [6.07, 6.45) is 6.67. The maximum atomic E-state index is 11.9. The first kappa shape index (κ1) is 23.1. The second-order valence-electron chi connectivity index (χ2n) is 7.92. The smallest absolute Gasteiger partial charge is 0.302 e. The van der Waals surface area contributed by atoms with Crippen LogP contribution < -0.4 is 0 Å². The molecule has 0 saturated carbocycles. The van der Waals surface area contributed by atoms with Crippen LogP contribution in [0.4, 0.5) is 0 Å². The molecule has 0 saturated heterocycles. The minimum Gasteiger partial charge on any atom is -0.302 e. The molecule has 5 heteroatoms. The Bertz CT molecular complexity index is 303. The molecule has 0 rings (SSSR count). The van der Waals surface area contributed by atoms with Crippen molar-refractivity contribution >= 4 is 7.82 Å². The van der Waals surface area contributed by atoms with Gasteiger partial charge in [0.05, 0.1) is 13.2 Å². The van der Waals surface area contributed by atoms with E-state index in [2.05, 4.69) is 41.5 Å². The summed E-state index contributed by atoms with van der Waals surface area (Å²) < 4.78 is 22.2. The molecule has 0 radical (unpaired) electrons. The molecule has 1 N–H and O–H groups in total. The van der Waals surface area contributed by atoms with E-state index in [1.165, 1.54) is 12.8 Å². The van der Waals surface area contributed by atoms with Gasteiger partial charge in [-0.2, -0.15) is 0 Å². The van der Waals surface area contributed by atoms with Crippen LogP contribution in [0, 0.1) is 23.7 Å². The van der Waals surface area contributed by atoms with E-state index < -0.39 is 7.82 Å². The standard InChI is InChI=1S/C18H39O4P/c1-15(2)9-7-11-17(5)13-21-23(19,20)22-14-18(6)12-8-10-16(3)4/h15-18H,7-14H2,1-6H3,(H,19,20). The zero-order chi connectivity index (χ0) is 17.9. The van der Waals surface area contributed by atoms with Crippen molar-refractivity contribution in [1.82, 2.24) is 0 Å². The summed E-state index contributed by atoms with van der Waals surface area (Å²) in [6, 6.07) is 0. The lowest BCUT2D eigenvalue weighted by atomic mass is 10.0. The van der Waals surface area contributed by atoms with Crippen molar-refractivity contribution in [2.24, 2.45) is 23.7 Å². The molecule has 2 unspecified atom stereocenters. The lowest BCUT2D eigenvalue weighted by Gasteiger charge is -2.18. The normalized spacial score (nSPS) is 17.4. The van der Waals surface area contributed by atoms with Gasteiger partial charge in [0.2, 0.25) is 0 Å². The molecule has 4 nitrogen and oxygen atoms in total. The Morgan fingerprint density at radius 2 is 1.09 bits per heavy atom. The largest absolute Gasteiger partial charge is 0.472 e. The molecule has 0 aromatic rings. The van der Waals surface area contributed by atoms with Gasteiger partial charge in [0.25, 0.3) is 0 Å². The Morgan fingerprint density at radius 1 is 0.739 bits per heavy atom. The van der Waals surface area contributed by atoms with E-state index in [9.17, 15) is 9.46 Å². The Labute approximate surface area is 144 Å². The van der Waals surface area contributed by atoms with Gasteiger partial charge in [0, 0.05) is 0 Å². The van der Waals surface area contributed by atoms with Crippen molar-refractivity contribution < 1.29 is 18.5 Å². The summed E-state index contributed by atoms with van der Waals surface area (Å²) in [5.74, 6) is 1.96. The minimum absolute atomic E-state index is 0.279. The van der Waals surface area contributed by atoms with Crippen molar-refractivity contribution in [3.05, 3.63) is 0 Å². The third-order valence-corrected chi connectivity index (χ3v) is 4.95.